The monoisotopic (exact) mass is 872 g/mol. The van der Waals surface area contributed by atoms with Gasteiger partial charge in [-0.1, -0.05) is 91.8 Å². The number of nitrogens with zero attached hydrogens (tertiary/aromatic N) is 6. The van der Waals surface area contributed by atoms with Gasteiger partial charge in [-0.15, -0.1) is 0 Å². The zero-order valence-corrected chi connectivity index (χ0v) is 34.4. The lowest BCUT2D eigenvalue weighted by molar-refractivity contribution is 0.173. The first kappa shape index (κ1) is 44.1. The summed E-state index contributed by atoms with van der Waals surface area (Å²) in [6.45, 7) is 0.742. The van der Waals surface area contributed by atoms with Crippen LogP contribution in [0.1, 0.15) is 66.5 Å². The third-order valence-corrected chi connectivity index (χ3v) is 10.3. The van der Waals surface area contributed by atoms with Gasteiger partial charge in [-0.05, 0) is 72.2 Å². The zero-order valence-electron chi connectivity index (χ0n) is 33.6. The van der Waals surface area contributed by atoms with Crippen LogP contribution in [0.2, 0.25) is 5.15 Å². The number of anilines is 1. The predicted octanol–water partition coefficient (Wildman–Crippen LogP) is 9.57. The summed E-state index contributed by atoms with van der Waals surface area (Å²) in [4.78, 5) is 8.66. The van der Waals surface area contributed by atoms with E-state index in [1.54, 1.807) is 30.3 Å². The minimum absolute atomic E-state index is 0. The normalized spacial score (nSPS) is 13.4. The Morgan fingerprint density at radius 3 is 1.47 bits per heavy atom. The van der Waals surface area contributed by atoms with E-state index in [1.165, 1.54) is 12.8 Å². The molecule has 2 aliphatic carbocycles. The molecule has 64 heavy (non-hydrogen) atoms. The maximum Gasteiger partial charge on any atom is 0.234 e. The molecule has 2 saturated carbocycles. The molecule has 2 aromatic heterocycles. The van der Waals surface area contributed by atoms with Crippen molar-refractivity contribution >= 4 is 17.4 Å². The second kappa shape index (κ2) is 20.2. The van der Waals surface area contributed by atoms with Crippen LogP contribution in [0.5, 0.6) is 34.8 Å². The third-order valence-electron chi connectivity index (χ3n) is 10.0. The highest BCUT2D eigenvalue weighted by atomic mass is 35.5. The largest absolute Gasteiger partial charge is 0.472 e. The van der Waals surface area contributed by atoms with Crippen LogP contribution in [0.3, 0.4) is 0 Å². The minimum Gasteiger partial charge on any atom is -0.472 e. The molecule has 320 valence electrons. The molecule has 4 aromatic carbocycles. The van der Waals surface area contributed by atoms with Crippen LogP contribution in [0, 0.1) is 45.3 Å². The summed E-state index contributed by atoms with van der Waals surface area (Å²) >= 11 is 6.23. The molecule has 3 N–H and O–H groups in total. The van der Waals surface area contributed by atoms with E-state index in [0.29, 0.717) is 62.7 Å². The van der Waals surface area contributed by atoms with Crippen LogP contribution in [0.25, 0.3) is 22.3 Å². The predicted molar refractivity (Wildman–Crippen MR) is 238 cm³/mol. The lowest BCUT2D eigenvalue weighted by atomic mass is 9.96. The number of pyridine rings is 2. The van der Waals surface area contributed by atoms with Gasteiger partial charge in [-0.25, -0.2) is 0 Å². The Morgan fingerprint density at radius 1 is 0.594 bits per heavy atom. The molecule has 15 heteroatoms. The number of hydrogen-bond donors (Lipinski definition) is 2. The van der Waals surface area contributed by atoms with Crippen LogP contribution in [-0.2, 0) is 13.2 Å². The number of nitriles is 4. The van der Waals surface area contributed by atoms with E-state index in [4.69, 9.17) is 45.8 Å². The molecule has 0 radical (unpaired) electrons. The van der Waals surface area contributed by atoms with Gasteiger partial charge < -0.3 is 39.5 Å². The fourth-order valence-electron chi connectivity index (χ4n) is 6.48. The van der Waals surface area contributed by atoms with Gasteiger partial charge >= 0.3 is 0 Å². The smallest absolute Gasteiger partial charge is 0.234 e. The zero-order chi connectivity index (χ0) is 43.7. The lowest BCUT2D eigenvalue weighted by Crippen LogP contribution is -2.10. The van der Waals surface area contributed by atoms with E-state index in [2.05, 4.69) is 33.5 Å². The van der Waals surface area contributed by atoms with Crippen LogP contribution in [0.15, 0.2) is 97.1 Å². The van der Waals surface area contributed by atoms with Crippen molar-refractivity contribution in [3.63, 3.8) is 0 Å². The molecule has 0 saturated heterocycles. The topological polar surface area (TPSA) is 214 Å². The highest BCUT2D eigenvalue weighted by molar-refractivity contribution is 6.31. The molecule has 0 bridgehead atoms. The van der Waals surface area contributed by atoms with E-state index in [-0.39, 0.29) is 73.9 Å². The molecule has 0 atom stereocenters. The maximum atomic E-state index is 10.0. The van der Waals surface area contributed by atoms with Gasteiger partial charge in [0.15, 0.2) is 28.2 Å². The Hall–Kier alpha value is -8.01. The Kier molecular flexibility index (Phi) is 13.9. The van der Waals surface area contributed by atoms with E-state index in [0.717, 1.165) is 24.0 Å². The van der Waals surface area contributed by atoms with E-state index < -0.39 is 0 Å². The van der Waals surface area contributed by atoms with Crippen molar-refractivity contribution in [3.8, 4) is 81.3 Å². The summed E-state index contributed by atoms with van der Waals surface area (Å²) in [5, 5.41) is 42.6. The van der Waals surface area contributed by atoms with Gasteiger partial charge in [0.1, 0.15) is 60.0 Å². The van der Waals surface area contributed by atoms with Gasteiger partial charge in [0.2, 0.25) is 25.3 Å². The van der Waals surface area contributed by atoms with Crippen molar-refractivity contribution in [2.24, 2.45) is 5.73 Å². The fraction of sp³-hybridized carbons (Fsp3) is 0.224. The number of ether oxygens (including phenoxy) is 6. The van der Waals surface area contributed by atoms with Crippen LogP contribution in [0.4, 0.5) is 5.82 Å². The maximum absolute atomic E-state index is 10.0. The molecular formula is C49H41ClN8O6. The number of benzene rings is 4. The average molecular weight is 873 g/mol. The van der Waals surface area contributed by atoms with Crippen LogP contribution < -0.4 is 39.5 Å². The van der Waals surface area contributed by atoms with Gasteiger partial charge in [0.25, 0.3) is 0 Å². The average Bonchev–Trinajstić information content (AvgIpc) is 4.20. The Labute approximate surface area is 375 Å². The first-order chi connectivity index (χ1) is 30.9. The molecule has 2 fully saturated rings. The van der Waals surface area contributed by atoms with Gasteiger partial charge in [-0.3, -0.25) is 0 Å². The summed E-state index contributed by atoms with van der Waals surface area (Å²) in [5.41, 5.74) is 9.95. The first-order valence-electron chi connectivity index (χ1n) is 19.9. The second-order valence-electron chi connectivity index (χ2n) is 14.6. The Bertz CT molecular complexity index is 2830. The highest BCUT2D eigenvalue weighted by Gasteiger charge is 2.29. The molecule has 6 aromatic rings. The molecule has 0 spiro atoms. The van der Waals surface area contributed by atoms with Gasteiger partial charge in [-0.2, -0.15) is 31.0 Å². The van der Waals surface area contributed by atoms with Gasteiger partial charge in [0.05, 0.1) is 5.56 Å². The minimum atomic E-state index is -0.0303. The fourth-order valence-corrected chi connectivity index (χ4v) is 6.70. The van der Waals surface area contributed by atoms with Crippen molar-refractivity contribution in [2.75, 3.05) is 18.9 Å². The molecule has 0 amide bonds. The molecule has 10 rings (SSSR count). The van der Waals surface area contributed by atoms with E-state index in [9.17, 15) is 21.0 Å². The first-order valence-corrected chi connectivity index (χ1v) is 20.3. The summed E-state index contributed by atoms with van der Waals surface area (Å²) in [5.74, 6) is 3.03. The number of fused-ring (bicyclic) bond motifs is 2. The number of aromatic nitrogens is 2. The quantitative estimate of drug-likeness (QED) is 0.123. The Morgan fingerprint density at radius 2 is 1.03 bits per heavy atom. The van der Waals surface area contributed by atoms with Crippen molar-refractivity contribution in [3.05, 3.63) is 136 Å². The summed E-state index contributed by atoms with van der Waals surface area (Å²) in [6.07, 6.45) is 4.57. The molecular weight excluding hydrogens is 832 g/mol. The second-order valence-corrected chi connectivity index (χ2v) is 15.0. The third kappa shape index (κ3) is 10.2. The van der Waals surface area contributed by atoms with Crippen molar-refractivity contribution in [1.82, 2.24) is 9.97 Å². The van der Waals surface area contributed by atoms with Crippen LogP contribution in [-0.4, -0.2) is 35.6 Å². The lowest BCUT2D eigenvalue weighted by Gasteiger charge is -2.16. The summed E-state index contributed by atoms with van der Waals surface area (Å²) in [6, 6.07) is 39.1. The standard InChI is InChI=1S/C24H18N4O3.C21H12ClN3O3.C3H7N.CH4/c25-11-18-22(16-6-9-20-21(10-16)31-14-30-20)19(12-26)24(28-23(18)27-17-7-8-17)29-13-15-4-2-1-3-5-15;22-20-15(9-23)19(14-6-7-17-18(8-14)28-12-27-17)16(10-24)21(25-20)26-11-13-4-2-1-3-5-13;4-3-1-2-3;/h1-6,9-10,17H,7-8,13-14H2,(H,27,28);1-8H,11-12H2;3H,1-2,4H2;1H4. The molecule has 4 aliphatic rings. The van der Waals surface area contributed by atoms with E-state index in [1.807, 2.05) is 72.8 Å². The SMILES string of the molecule is C.N#Cc1c(Cl)nc(OCc2ccccc2)c(C#N)c1-c1ccc2c(c1)OCO2.N#Cc1c(NC2CC2)nc(OCc2ccccc2)c(C#N)c1-c1ccc2c(c1)OCO2.NC1CC1. The molecule has 14 nitrogen and oxygen atoms in total. The summed E-state index contributed by atoms with van der Waals surface area (Å²) in [7, 11) is 0. The highest BCUT2D eigenvalue weighted by Crippen LogP contribution is 2.43. The van der Waals surface area contributed by atoms with Crippen molar-refractivity contribution < 1.29 is 28.4 Å². The van der Waals surface area contributed by atoms with Crippen molar-refractivity contribution in [2.45, 2.75) is 58.4 Å². The van der Waals surface area contributed by atoms with Crippen molar-refractivity contribution in [1.29, 1.82) is 21.0 Å². The molecule has 4 heterocycles. The van der Waals surface area contributed by atoms with Gasteiger partial charge in [0, 0.05) is 23.2 Å². The summed E-state index contributed by atoms with van der Waals surface area (Å²) < 4.78 is 33.4. The number of halogens is 1. The Balaban J connectivity index is 0.000000174. The number of rotatable bonds is 10. The molecule has 2 aliphatic heterocycles. The molecule has 0 unspecified atom stereocenters. The van der Waals surface area contributed by atoms with Crippen LogP contribution >= 0.6 is 11.6 Å². The number of hydrogen-bond acceptors (Lipinski definition) is 14. The van der Waals surface area contributed by atoms with E-state index >= 15 is 0 Å². The number of nitrogens with two attached hydrogens (primary N) is 1. The number of nitrogens with one attached hydrogen (secondary N) is 1.